The molecule has 0 spiro atoms. The third-order valence-corrected chi connectivity index (χ3v) is 4.68. The number of hydrogen-bond donors (Lipinski definition) is 1. The molecule has 0 aromatic carbocycles. The minimum absolute atomic E-state index is 0.000420. The Morgan fingerprint density at radius 2 is 1.81 bits per heavy atom. The first-order valence-electron chi connectivity index (χ1n) is 5.70. The summed E-state index contributed by atoms with van der Waals surface area (Å²) >= 11 is 4.99. The van der Waals surface area contributed by atoms with Gasteiger partial charge in [-0.1, -0.05) is 13.3 Å². The van der Waals surface area contributed by atoms with Gasteiger partial charge in [0.25, 0.3) is 10.0 Å². The van der Waals surface area contributed by atoms with Gasteiger partial charge < -0.3 is 4.90 Å². The van der Waals surface area contributed by atoms with Crippen LogP contribution in [0.2, 0.25) is 0 Å². The molecule has 0 radical (unpaired) electrons. The van der Waals surface area contributed by atoms with Crippen molar-refractivity contribution in [3.05, 3.63) is 0 Å². The van der Waals surface area contributed by atoms with Crippen LogP contribution >= 0.6 is 12.2 Å². The van der Waals surface area contributed by atoms with E-state index in [1.807, 2.05) is 27.7 Å². The Labute approximate surface area is 104 Å². The number of thiocarbonyl (C=S) groups is 1. The molecule has 0 aliphatic heterocycles. The van der Waals surface area contributed by atoms with E-state index in [4.69, 9.17) is 12.2 Å². The van der Waals surface area contributed by atoms with Crippen molar-refractivity contribution in [1.82, 2.24) is 9.62 Å². The van der Waals surface area contributed by atoms with Gasteiger partial charge in [-0.15, -0.1) is 0 Å². The molecule has 0 amide bonds. The minimum Gasteiger partial charge on any atom is -0.353 e. The normalized spacial score (nSPS) is 13.5. The Kier molecular flexibility index (Phi) is 7.10. The van der Waals surface area contributed by atoms with Gasteiger partial charge in [-0.25, -0.2) is 13.1 Å². The third-order valence-electron chi connectivity index (χ3n) is 2.33. The molecule has 0 heterocycles. The van der Waals surface area contributed by atoms with Gasteiger partial charge in [0.15, 0.2) is 0 Å². The summed E-state index contributed by atoms with van der Waals surface area (Å²) in [5.41, 5.74) is 0. The second-order valence-electron chi connectivity index (χ2n) is 3.75. The van der Waals surface area contributed by atoms with Crippen molar-refractivity contribution in [2.24, 2.45) is 0 Å². The number of nitrogens with zero attached hydrogens (tertiary/aromatic N) is 1. The molecule has 0 saturated carbocycles. The molecule has 4 nitrogen and oxygen atoms in total. The molecule has 0 aromatic heterocycles. The molecule has 0 saturated heterocycles. The monoisotopic (exact) mass is 266 g/mol. The molecule has 1 atom stereocenters. The molecular weight excluding hydrogens is 244 g/mol. The third kappa shape index (κ3) is 4.76. The summed E-state index contributed by atoms with van der Waals surface area (Å²) < 4.78 is 26.4. The van der Waals surface area contributed by atoms with Crippen molar-refractivity contribution in [3.63, 3.8) is 0 Å². The molecule has 0 fully saturated rings. The highest BCUT2D eigenvalue weighted by Crippen LogP contribution is 2.03. The highest BCUT2D eigenvalue weighted by Gasteiger charge is 2.23. The summed E-state index contributed by atoms with van der Waals surface area (Å²) in [6.07, 6.45) is 1.77. The zero-order chi connectivity index (χ0) is 12.8. The van der Waals surface area contributed by atoms with Gasteiger partial charge >= 0.3 is 0 Å². The number of hydrogen-bond acceptors (Lipinski definition) is 3. The Morgan fingerprint density at radius 3 is 2.19 bits per heavy atom. The zero-order valence-corrected chi connectivity index (χ0v) is 12.1. The molecule has 1 unspecified atom stereocenters. The number of nitrogens with one attached hydrogen (secondary N) is 1. The van der Waals surface area contributed by atoms with Crippen LogP contribution in [0.4, 0.5) is 0 Å². The van der Waals surface area contributed by atoms with Crippen LogP contribution in [0.3, 0.4) is 0 Å². The Morgan fingerprint density at radius 1 is 1.31 bits per heavy atom. The summed E-state index contributed by atoms with van der Waals surface area (Å²) in [5, 5.41) is 0. The highest BCUT2D eigenvalue weighted by molar-refractivity contribution is 8.15. The molecule has 16 heavy (non-hydrogen) atoms. The SMILES string of the molecule is CCCC(C)NS(=O)(=O)C(=S)N(CC)CC. The van der Waals surface area contributed by atoms with E-state index in [9.17, 15) is 8.42 Å². The van der Waals surface area contributed by atoms with Gasteiger partial charge in [0, 0.05) is 19.1 Å². The minimum atomic E-state index is -3.50. The van der Waals surface area contributed by atoms with Crippen molar-refractivity contribution in [2.75, 3.05) is 13.1 Å². The lowest BCUT2D eigenvalue weighted by atomic mass is 10.2. The summed E-state index contributed by atoms with van der Waals surface area (Å²) in [6.45, 7) is 8.87. The van der Waals surface area contributed by atoms with E-state index < -0.39 is 10.0 Å². The molecule has 96 valence electrons. The van der Waals surface area contributed by atoms with E-state index in [0.717, 1.165) is 12.8 Å². The van der Waals surface area contributed by atoms with E-state index in [1.54, 1.807) is 4.90 Å². The van der Waals surface area contributed by atoms with Crippen molar-refractivity contribution < 1.29 is 8.42 Å². The second kappa shape index (κ2) is 7.19. The second-order valence-corrected chi connectivity index (χ2v) is 6.02. The lowest BCUT2D eigenvalue weighted by molar-refractivity contribution is 0.473. The van der Waals surface area contributed by atoms with Crippen LogP contribution in [-0.2, 0) is 10.0 Å². The van der Waals surface area contributed by atoms with Crippen LogP contribution in [0.15, 0.2) is 0 Å². The lowest BCUT2D eigenvalue weighted by Gasteiger charge is -2.23. The van der Waals surface area contributed by atoms with Crippen LogP contribution in [0.5, 0.6) is 0 Å². The Hall–Kier alpha value is -0.200. The molecule has 6 heteroatoms. The van der Waals surface area contributed by atoms with E-state index in [1.165, 1.54) is 0 Å². The van der Waals surface area contributed by atoms with Gasteiger partial charge in [-0.2, -0.15) is 0 Å². The molecule has 1 N–H and O–H groups in total. The summed E-state index contributed by atoms with van der Waals surface area (Å²) in [7, 11) is -3.50. The quantitative estimate of drug-likeness (QED) is 0.744. The van der Waals surface area contributed by atoms with Crippen LogP contribution in [0.25, 0.3) is 0 Å². The van der Waals surface area contributed by atoms with E-state index in [2.05, 4.69) is 4.72 Å². The van der Waals surface area contributed by atoms with Gasteiger partial charge in [-0.05, 0) is 39.4 Å². The van der Waals surface area contributed by atoms with E-state index >= 15 is 0 Å². The van der Waals surface area contributed by atoms with Gasteiger partial charge in [-0.3, -0.25) is 0 Å². The smallest absolute Gasteiger partial charge is 0.266 e. The van der Waals surface area contributed by atoms with Crippen LogP contribution in [0.1, 0.15) is 40.5 Å². The van der Waals surface area contributed by atoms with E-state index in [-0.39, 0.29) is 10.4 Å². The van der Waals surface area contributed by atoms with Crippen molar-refractivity contribution >= 4 is 26.6 Å². The average molecular weight is 266 g/mol. The van der Waals surface area contributed by atoms with Crippen molar-refractivity contribution in [1.29, 1.82) is 0 Å². The maximum Gasteiger partial charge on any atom is 0.266 e. The lowest BCUT2D eigenvalue weighted by Crippen LogP contribution is -2.44. The molecular formula is C10H22N2O2S2. The van der Waals surface area contributed by atoms with Gasteiger partial charge in [0.05, 0.1) is 0 Å². The fraction of sp³-hybridized carbons (Fsp3) is 0.900. The number of sulfonamides is 1. The molecule has 0 bridgehead atoms. The van der Waals surface area contributed by atoms with Gasteiger partial charge in [0.2, 0.25) is 4.32 Å². The van der Waals surface area contributed by atoms with Crippen LogP contribution in [0, 0.1) is 0 Å². The standard InChI is InChI=1S/C10H22N2O2S2/c1-5-8-9(4)11-16(13,14)10(15)12(6-2)7-3/h9,11H,5-8H2,1-4H3. The highest BCUT2D eigenvalue weighted by atomic mass is 32.2. The summed E-state index contributed by atoms with van der Waals surface area (Å²) in [5.74, 6) is 0. The molecule has 0 aliphatic carbocycles. The average Bonchev–Trinajstić information content (AvgIpc) is 2.18. The van der Waals surface area contributed by atoms with Crippen LogP contribution in [-0.4, -0.2) is 36.8 Å². The Bertz CT molecular complexity index is 311. The summed E-state index contributed by atoms with van der Waals surface area (Å²) in [4.78, 5) is 1.66. The predicted octanol–water partition coefficient (Wildman–Crippen LogP) is 1.72. The first-order valence-corrected chi connectivity index (χ1v) is 7.59. The first-order chi connectivity index (χ1) is 7.38. The molecule has 0 aromatic rings. The Balaban J connectivity index is 4.60. The summed E-state index contributed by atoms with van der Waals surface area (Å²) in [6, 6.07) is -0.0662. The zero-order valence-electron chi connectivity index (χ0n) is 10.5. The topological polar surface area (TPSA) is 49.4 Å². The molecule has 0 rings (SSSR count). The maximum atomic E-state index is 11.9. The maximum absolute atomic E-state index is 11.9. The van der Waals surface area contributed by atoms with Gasteiger partial charge in [0.1, 0.15) is 0 Å². The fourth-order valence-corrected chi connectivity index (χ4v) is 3.21. The van der Waals surface area contributed by atoms with Crippen molar-refractivity contribution in [2.45, 2.75) is 46.6 Å². The van der Waals surface area contributed by atoms with Crippen molar-refractivity contribution in [3.8, 4) is 0 Å². The fourth-order valence-electron chi connectivity index (χ4n) is 1.46. The first kappa shape index (κ1) is 15.8. The molecule has 0 aliphatic rings. The van der Waals surface area contributed by atoms with Crippen LogP contribution < -0.4 is 4.72 Å². The number of rotatable bonds is 6. The predicted molar refractivity (Wildman–Crippen MR) is 71.9 cm³/mol. The largest absolute Gasteiger partial charge is 0.353 e. The van der Waals surface area contributed by atoms with E-state index in [0.29, 0.717) is 13.1 Å².